The van der Waals surface area contributed by atoms with Crippen molar-refractivity contribution in [3.05, 3.63) is 57.9 Å². The summed E-state index contributed by atoms with van der Waals surface area (Å²) in [6.45, 7) is 6.42. The minimum absolute atomic E-state index is 0.0211. The number of carbonyl (C=O) groups is 1. The lowest BCUT2D eigenvalue weighted by molar-refractivity contribution is 0.0659. The molecule has 1 aliphatic carbocycles. The monoisotopic (exact) mass is 337 g/mol. The van der Waals surface area contributed by atoms with Crippen molar-refractivity contribution in [3.8, 4) is 11.3 Å². The fraction of sp³-hybridized carbons (Fsp3) is 0.316. The molecule has 6 heteroatoms. The molecule has 3 heterocycles. The highest BCUT2D eigenvalue weighted by Crippen LogP contribution is 2.38. The SMILES string of the molecule is Cc1cc(Cn2cc3c(n2)-c2c(oc(C(=O)O)c2C)CC3)cc(C)n1. The van der Waals surface area contributed by atoms with Crippen LogP contribution in [0, 0.1) is 20.8 Å². The van der Waals surface area contributed by atoms with Crippen LogP contribution in [0.2, 0.25) is 0 Å². The second-order valence-corrected chi connectivity index (χ2v) is 6.62. The van der Waals surface area contributed by atoms with E-state index >= 15 is 0 Å². The number of aromatic nitrogens is 3. The number of carboxylic acid groups (broad SMARTS) is 1. The number of hydrogen-bond donors (Lipinski definition) is 1. The summed E-state index contributed by atoms with van der Waals surface area (Å²) in [5.74, 6) is -0.286. The minimum atomic E-state index is -1.03. The first-order valence-corrected chi connectivity index (χ1v) is 8.29. The number of hydrogen-bond acceptors (Lipinski definition) is 4. The maximum atomic E-state index is 11.3. The molecule has 4 rings (SSSR count). The smallest absolute Gasteiger partial charge is 0.372 e. The molecular formula is C19H19N3O3. The zero-order valence-corrected chi connectivity index (χ0v) is 14.5. The molecule has 0 aromatic carbocycles. The third-order valence-electron chi connectivity index (χ3n) is 4.60. The van der Waals surface area contributed by atoms with Gasteiger partial charge in [0.25, 0.3) is 0 Å². The number of furan rings is 1. The third kappa shape index (κ3) is 2.63. The molecule has 3 aromatic rings. The van der Waals surface area contributed by atoms with E-state index in [2.05, 4.69) is 23.3 Å². The van der Waals surface area contributed by atoms with E-state index in [9.17, 15) is 9.90 Å². The Morgan fingerprint density at radius 1 is 1.24 bits per heavy atom. The zero-order valence-electron chi connectivity index (χ0n) is 14.5. The van der Waals surface area contributed by atoms with E-state index in [0.717, 1.165) is 46.0 Å². The lowest BCUT2D eigenvalue weighted by atomic mass is 9.94. The van der Waals surface area contributed by atoms with Gasteiger partial charge in [-0.1, -0.05) is 0 Å². The Hall–Kier alpha value is -2.89. The molecule has 0 aliphatic heterocycles. The van der Waals surface area contributed by atoms with Crippen LogP contribution in [-0.2, 0) is 19.4 Å². The fourth-order valence-corrected chi connectivity index (χ4v) is 3.65. The number of nitrogens with zero attached hydrogens (tertiary/aromatic N) is 3. The van der Waals surface area contributed by atoms with Crippen LogP contribution >= 0.6 is 0 Å². The molecule has 0 amide bonds. The van der Waals surface area contributed by atoms with Crippen molar-refractivity contribution in [2.24, 2.45) is 0 Å². The second-order valence-electron chi connectivity index (χ2n) is 6.62. The topological polar surface area (TPSA) is 81.2 Å². The highest BCUT2D eigenvalue weighted by Gasteiger charge is 2.29. The van der Waals surface area contributed by atoms with Crippen LogP contribution in [0.3, 0.4) is 0 Å². The molecule has 6 nitrogen and oxygen atoms in total. The quantitative estimate of drug-likeness (QED) is 0.793. The normalized spacial score (nSPS) is 12.8. The maximum Gasteiger partial charge on any atom is 0.372 e. The van der Waals surface area contributed by atoms with Gasteiger partial charge in [0.05, 0.1) is 12.2 Å². The molecule has 1 aliphatic rings. The first-order chi connectivity index (χ1) is 11.9. The van der Waals surface area contributed by atoms with Crippen LogP contribution in [0.15, 0.2) is 22.7 Å². The van der Waals surface area contributed by atoms with Crippen molar-refractivity contribution in [3.63, 3.8) is 0 Å². The van der Waals surface area contributed by atoms with Gasteiger partial charge in [0.15, 0.2) is 0 Å². The Kier molecular flexibility index (Phi) is 3.49. The van der Waals surface area contributed by atoms with Crippen molar-refractivity contribution in [2.75, 3.05) is 0 Å². The van der Waals surface area contributed by atoms with E-state index in [1.165, 1.54) is 0 Å². The van der Waals surface area contributed by atoms with Gasteiger partial charge in [0.2, 0.25) is 5.76 Å². The third-order valence-corrected chi connectivity index (χ3v) is 4.60. The summed E-state index contributed by atoms with van der Waals surface area (Å²) >= 11 is 0. The number of rotatable bonds is 3. The summed E-state index contributed by atoms with van der Waals surface area (Å²) < 4.78 is 7.47. The van der Waals surface area contributed by atoms with Gasteiger partial charge in [-0.15, -0.1) is 0 Å². The highest BCUT2D eigenvalue weighted by atomic mass is 16.4. The highest BCUT2D eigenvalue weighted by molar-refractivity contribution is 5.90. The van der Waals surface area contributed by atoms with Crippen molar-refractivity contribution in [2.45, 2.75) is 40.2 Å². The first-order valence-electron chi connectivity index (χ1n) is 8.29. The van der Waals surface area contributed by atoms with Crippen LogP contribution in [0.4, 0.5) is 0 Å². The standard InChI is InChI=1S/C19H19N3O3/c1-10-6-13(7-11(2)20-10)8-22-9-14-4-5-15-16(17(14)21-22)12(3)18(25-15)19(23)24/h6-7,9H,4-5,8H2,1-3H3,(H,23,24). The summed E-state index contributed by atoms with van der Waals surface area (Å²) in [6, 6.07) is 4.12. The molecule has 0 bridgehead atoms. The molecular weight excluding hydrogens is 318 g/mol. The van der Waals surface area contributed by atoms with E-state index in [1.807, 2.05) is 18.5 Å². The lowest BCUT2D eigenvalue weighted by Gasteiger charge is -2.09. The summed E-state index contributed by atoms with van der Waals surface area (Å²) in [5.41, 5.74) is 6.62. The summed E-state index contributed by atoms with van der Waals surface area (Å²) in [5, 5.41) is 14.0. The van der Waals surface area contributed by atoms with E-state index < -0.39 is 5.97 Å². The molecule has 1 N–H and O–H groups in total. The molecule has 128 valence electrons. The average molecular weight is 337 g/mol. The van der Waals surface area contributed by atoms with Gasteiger partial charge in [0, 0.05) is 35.1 Å². The lowest BCUT2D eigenvalue weighted by Crippen LogP contribution is -2.03. The summed E-state index contributed by atoms with van der Waals surface area (Å²) in [4.78, 5) is 15.7. The number of aromatic carboxylic acids is 1. The van der Waals surface area contributed by atoms with E-state index in [1.54, 1.807) is 6.92 Å². The Balaban J connectivity index is 1.74. The Bertz CT molecular complexity index is 978. The number of pyridine rings is 1. The van der Waals surface area contributed by atoms with Gasteiger partial charge in [-0.3, -0.25) is 9.67 Å². The molecule has 25 heavy (non-hydrogen) atoms. The van der Waals surface area contributed by atoms with Gasteiger partial charge in [-0.25, -0.2) is 4.79 Å². The molecule has 3 aromatic heterocycles. The van der Waals surface area contributed by atoms with Crippen LogP contribution in [0.25, 0.3) is 11.3 Å². The molecule has 0 saturated heterocycles. The fourth-order valence-electron chi connectivity index (χ4n) is 3.65. The van der Waals surface area contributed by atoms with Crippen molar-refractivity contribution in [1.82, 2.24) is 14.8 Å². The van der Waals surface area contributed by atoms with Gasteiger partial charge in [-0.2, -0.15) is 5.10 Å². The number of fused-ring (bicyclic) bond motifs is 3. The predicted molar refractivity (Wildman–Crippen MR) is 91.8 cm³/mol. The average Bonchev–Trinajstić information content (AvgIpc) is 3.06. The molecule has 0 atom stereocenters. The van der Waals surface area contributed by atoms with Crippen LogP contribution < -0.4 is 0 Å². The van der Waals surface area contributed by atoms with Gasteiger partial charge in [0.1, 0.15) is 5.76 Å². The summed E-state index contributed by atoms with van der Waals surface area (Å²) in [6.07, 6.45) is 3.56. The maximum absolute atomic E-state index is 11.3. The van der Waals surface area contributed by atoms with E-state index in [-0.39, 0.29) is 5.76 Å². The van der Waals surface area contributed by atoms with Crippen molar-refractivity contribution < 1.29 is 14.3 Å². The molecule has 0 spiro atoms. The first kappa shape index (κ1) is 15.6. The molecule has 0 fully saturated rings. The Labute approximate surface area is 145 Å². The van der Waals surface area contributed by atoms with Crippen molar-refractivity contribution in [1.29, 1.82) is 0 Å². The second kappa shape index (κ2) is 5.58. The zero-order chi connectivity index (χ0) is 17.7. The largest absolute Gasteiger partial charge is 0.475 e. The van der Waals surface area contributed by atoms with Gasteiger partial charge in [-0.05, 0) is 50.5 Å². The van der Waals surface area contributed by atoms with E-state index in [0.29, 0.717) is 18.5 Å². The van der Waals surface area contributed by atoms with Crippen LogP contribution in [-0.4, -0.2) is 25.8 Å². The van der Waals surface area contributed by atoms with Gasteiger partial charge >= 0.3 is 5.97 Å². The van der Waals surface area contributed by atoms with Crippen LogP contribution in [0.5, 0.6) is 0 Å². The Morgan fingerprint density at radius 3 is 2.64 bits per heavy atom. The number of aryl methyl sites for hydroxylation is 4. The van der Waals surface area contributed by atoms with Crippen molar-refractivity contribution >= 4 is 5.97 Å². The molecule has 0 saturated carbocycles. The minimum Gasteiger partial charge on any atom is -0.475 e. The molecule has 0 radical (unpaired) electrons. The Morgan fingerprint density at radius 2 is 1.96 bits per heavy atom. The number of carboxylic acids is 1. The molecule has 0 unspecified atom stereocenters. The summed E-state index contributed by atoms with van der Waals surface area (Å²) in [7, 11) is 0. The van der Waals surface area contributed by atoms with Crippen LogP contribution in [0.1, 0.15) is 44.4 Å². The predicted octanol–water partition coefficient (Wildman–Crippen LogP) is 3.31. The van der Waals surface area contributed by atoms with Gasteiger partial charge < -0.3 is 9.52 Å². The van der Waals surface area contributed by atoms with E-state index in [4.69, 9.17) is 9.52 Å².